The highest BCUT2D eigenvalue weighted by molar-refractivity contribution is 5.34. The number of hydrogen-bond acceptors (Lipinski definition) is 5. The second kappa shape index (κ2) is 7.33. The van der Waals surface area contributed by atoms with Crippen molar-refractivity contribution in [3.05, 3.63) is 53.5 Å². The molecule has 4 rings (SSSR count). The summed E-state index contributed by atoms with van der Waals surface area (Å²) < 4.78 is 0. The van der Waals surface area contributed by atoms with Gasteiger partial charge in [0.05, 0.1) is 18.3 Å². The van der Waals surface area contributed by atoms with Gasteiger partial charge in [0.2, 0.25) is 0 Å². The minimum Gasteiger partial charge on any atom is -0.391 e. The molecule has 2 aromatic rings. The van der Waals surface area contributed by atoms with Gasteiger partial charge in [-0.2, -0.15) is 0 Å². The summed E-state index contributed by atoms with van der Waals surface area (Å²) in [5.41, 5.74) is 4.21. The quantitative estimate of drug-likeness (QED) is 0.886. The molecule has 2 fully saturated rings. The molecule has 1 saturated carbocycles. The number of nitrogens with zero attached hydrogens (tertiary/aromatic N) is 3. The van der Waals surface area contributed by atoms with Gasteiger partial charge >= 0.3 is 0 Å². The van der Waals surface area contributed by atoms with Gasteiger partial charge in [0, 0.05) is 32.0 Å². The number of aromatic nitrogens is 2. The molecule has 5 heteroatoms. The van der Waals surface area contributed by atoms with Gasteiger partial charge in [0.25, 0.3) is 0 Å². The predicted octanol–water partition coefficient (Wildman–Crippen LogP) is 2.78. The summed E-state index contributed by atoms with van der Waals surface area (Å²) in [7, 11) is 0. The van der Waals surface area contributed by atoms with Gasteiger partial charge < -0.3 is 10.4 Å². The third-order valence-electron chi connectivity index (χ3n) is 6.14. The summed E-state index contributed by atoms with van der Waals surface area (Å²) in [5, 5.41) is 14.0. The Balaban J connectivity index is 1.41. The normalized spacial score (nSPS) is 28.7. The molecule has 0 bridgehead atoms. The molecule has 1 aliphatic heterocycles. The molecule has 1 aromatic heterocycles. The zero-order chi connectivity index (χ0) is 18.1. The lowest BCUT2D eigenvalue weighted by molar-refractivity contribution is 0.0735. The van der Waals surface area contributed by atoms with Crippen LogP contribution in [-0.4, -0.2) is 45.2 Å². The van der Waals surface area contributed by atoms with E-state index in [-0.39, 0.29) is 12.1 Å². The molecule has 1 saturated heterocycles. The van der Waals surface area contributed by atoms with Crippen LogP contribution in [0.2, 0.25) is 0 Å². The van der Waals surface area contributed by atoms with Gasteiger partial charge in [-0.05, 0) is 55.2 Å². The van der Waals surface area contributed by atoms with Gasteiger partial charge in [0.1, 0.15) is 5.82 Å². The first kappa shape index (κ1) is 17.4. The predicted molar refractivity (Wildman–Crippen MR) is 103 cm³/mol. The minimum absolute atomic E-state index is 0.0631. The van der Waals surface area contributed by atoms with Crippen molar-refractivity contribution in [1.29, 1.82) is 0 Å². The smallest absolute Gasteiger partial charge is 0.144 e. The maximum Gasteiger partial charge on any atom is 0.144 e. The van der Waals surface area contributed by atoms with Crippen LogP contribution in [0.1, 0.15) is 29.5 Å². The summed E-state index contributed by atoms with van der Waals surface area (Å²) in [5.74, 6) is 1.98. The Hall–Kier alpha value is -1.98. The number of benzene rings is 1. The van der Waals surface area contributed by atoms with Gasteiger partial charge in [-0.3, -0.25) is 9.88 Å². The maximum atomic E-state index is 10.6. The van der Waals surface area contributed by atoms with Crippen LogP contribution in [0.15, 0.2) is 36.8 Å². The monoisotopic (exact) mass is 352 g/mol. The van der Waals surface area contributed by atoms with Gasteiger partial charge in [-0.1, -0.05) is 18.2 Å². The lowest BCUT2D eigenvalue weighted by atomic mass is 9.77. The molecular formula is C21H28N4O. The second-order valence-corrected chi connectivity index (χ2v) is 7.96. The van der Waals surface area contributed by atoms with E-state index < -0.39 is 0 Å². The molecule has 0 amide bonds. The summed E-state index contributed by atoms with van der Waals surface area (Å²) in [6, 6.07) is 6.61. The fourth-order valence-electron chi connectivity index (χ4n) is 4.70. The van der Waals surface area contributed by atoms with Crippen molar-refractivity contribution in [2.45, 2.75) is 45.4 Å². The van der Waals surface area contributed by atoms with Crippen molar-refractivity contribution in [1.82, 2.24) is 14.9 Å². The van der Waals surface area contributed by atoms with E-state index in [4.69, 9.17) is 0 Å². The number of hydrogen-bond donors (Lipinski definition) is 2. The van der Waals surface area contributed by atoms with Crippen molar-refractivity contribution in [3.8, 4) is 0 Å². The van der Waals surface area contributed by atoms with Crippen LogP contribution in [0.25, 0.3) is 0 Å². The van der Waals surface area contributed by atoms with E-state index in [1.54, 1.807) is 18.6 Å². The molecule has 2 aliphatic rings. The second-order valence-electron chi connectivity index (χ2n) is 7.96. The SMILES string of the molecule is Cc1cccc(C)c1CN1C[C@H]2C[C@@H](Nc3cnccn3)[C@H](O)C[C@H]2C1. The first-order chi connectivity index (χ1) is 12.6. The van der Waals surface area contributed by atoms with E-state index >= 15 is 0 Å². The molecule has 0 spiro atoms. The van der Waals surface area contributed by atoms with Gasteiger partial charge in [0.15, 0.2) is 0 Å². The first-order valence-electron chi connectivity index (χ1n) is 9.58. The molecule has 2 N–H and O–H groups in total. The van der Waals surface area contributed by atoms with Gasteiger partial charge in [-0.25, -0.2) is 4.98 Å². The van der Waals surface area contributed by atoms with E-state index in [0.29, 0.717) is 11.8 Å². The summed E-state index contributed by atoms with van der Waals surface area (Å²) in [6.45, 7) is 7.63. The van der Waals surface area contributed by atoms with E-state index in [1.807, 2.05) is 0 Å². The van der Waals surface area contributed by atoms with Crippen LogP contribution >= 0.6 is 0 Å². The lowest BCUT2D eigenvalue weighted by Crippen LogP contribution is -2.43. The highest BCUT2D eigenvalue weighted by Gasteiger charge is 2.41. The Morgan fingerprint density at radius 3 is 2.54 bits per heavy atom. The summed E-state index contributed by atoms with van der Waals surface area (Å²) in [6.07, 6.45) is 6.61. The number of aryl methyl sites for hydroxylation is 2. The van der Waals surface area contributed by atoms with Crippen molar-refractivity contribution in [2.24, 2.45) is 11.8 Å². The third kappa shape index (κ3) is 3.60. The standard InChI is InChI=1S/C21H28N4O/c1-14-4-3-5-15(2)18(14)13-25-11-16-8-19(20(26)9-17(16)12-25)24-21-10-22-6-7-23-21/h3-7,10,16-17,19-20,26H,8-9,11-13H2,1-2H3,(H,23,24)/t16-,17+,19-,20-/m1/s1. The lowest BCUT2D eigenvalue weighted by Gasteiger charge is -2.35. The van der Waals surface area contributed by atoms with Crippen molar-refractivity contribution < 1.29 is 5.11 Å². The third-order valence-corrected chi connectivity index (χ3v) is 6.14. The van der Waals surface area contributed by atoms with Crippen molar-refractivity contribution >= 4 is 5.82 Å². The Bertz CT molecular complexity index is 731. The van der Waals surface area contributed by atoms with Gasteiger partial charge in [-0.15, -0.1) is 0 Å². The topological polar surface area (TPSA) is 61.3 Å². The van der Waals surface area contributed by atoms with E-state index in [2.05, 4.69) is 52.2 Å². The molecule has 26 heavy (non-hydrogen) atoms. The fraction of sp³-hybridized carbons (Fsp3) is 0.524. The highest BCUT2D eigenvalue weighted by atomic mass is 16.3. The van der Waals surface area contributed by atoms with Crippen molar-refractivity contribution in [3.63, 3.8) is 0 Å². The Kier molecular flexibility index (Phi) is 4.92. The number of fused-ring (bicyclic) bond motifs is 1. The molecule has 2 heterocycles. The van der Waals surface area contributed by atoms with Crippen LogP contribution in [0, 0.1) is 25.7 Å². The van der Waals surface area contributed by atoms with Crippen LogP contribution in [0.4, 0.5) is 5.82 Å². The molecular weight excluding hydrogens is 324 g/mol. The molecule has 0 unspecified atom stereocenters. The summed E-state index contributed by atoms with van der Waals surface area (Å²) in [4.78, 5) is 11.0. The zero-order valence-electron chi connectivity index (χ0n) is 15.6. The number of nitrogens with one attached hydrogen (secondary N) is 1. The van der Waals surface area contributed by atoms with E-state index in [0.717, 1.165) is 38.3 Å². The van der Waals surface area contributed by atoms with Crippen LogP contribution < -0.4 is 5.32 Å². The number of aliphatic hydroxyl groups excluding tert-OH is 1. The Morgan fingerprint density at radius 1 is 1.12 bits per heavy atom. The maximum absolute atomic E-state index is 10.6. The molecule has 4 atom stereocenters. The molecule has 0 radical (unpaired) electrons. The van der Waals surface area contributed by atoms with E-state index in [1.165, 1.54) is 16.7 Å². The number of likely N-dealkylation sites (tertiary alicyclic amines) is 1. The number of aliphatic hydroxyl groups is 1. The summed E-state index contributed by atoms with van der Waals surface area (Å²) >= 11 is 0. The first-order valence-corrected chi connectivity index (χ1v) is 9.58. The van der Waals surface area contributed by atoms with E-state index in [9.17, 15) is 5.11 Å². The van der Waals surface area contributed by atoms with Crippen molar-refractivity contribution in [2.75, 3.05) is 18.4 Å². The Labute approximate surface area is 155 Å². The van der Waals surface area contributed by atoms with Crippen LogP contribution in [0.5, 0.6) is 0 Å². The molecule has 5 nitrogen and oxygen atoms in total. The minimum atomic E-state index is -0.321. The largest absolute Gasteiger partial charge is 0.391 e. The molecule has 138 valence electrons. The fourth-order valence-corrected chi connectivity index (χ4v) is 4.70. The Morgan fingerprint density at radius 2 is 1.85 bits per heavy atom. The average molecular weight is 352 g/mol. The van der Waals surface area contributed by atoms with Crippen LogP contribution in [-0.2, 0) is 6.54 Å². The number of rotatable bonds is 4. The average Bonchev–Trinajstić information content (AvgIpc) is 3.01. The zero-order valence-corrected chi connectivity index (χ0v) is 15.6. The van der Waals surface area contributed by atoms with Crippen LogP contribution in [0.3, 0.4) is 0 Å². The highest BCUT2D eigenvalue weighted by Crippen LogP contribution is 2.38. The molecule has 1 aliphatic carbocycles. The number of anilines is 1. The molecule has 1 aromatic carbocycles.